The summed E-state index contributed by atoms with van der Waals surface area (Å²) in [4.78, 5) is 0. The van der Waals surface area contributed by atoms with Crippen molar-refractivity contribution in [3.05, 3.63) is 23.2 Å². The monoisotopic (exact) mass is 230 g/mol. The maximum atomic E-state index is 8.61. The average molecular weight is 230 g/mol. The second kappa shape index (κ2) is 5.25. The van der Waals surface area contributed by atoms with Crippen LogP contribution in [0.5, 0.6) is 11.5 Å². The molecule has 2 N–H and O–H groups in total. The molecule has 0 aliphatic rings. The zero-order chi connectivity index (χ0) is 11.4. The molecule has 1 aromatic rings. The van der Waals surface area contributed by atoms with Crippen LogP contribution in [0.15, 0.2) is 18.2 Å². The molecule has 0 aliphatic carbocycles. The maximum absolute atomic E-state index is 8.61. The molecule has 0 heterocycles. The molecule has 0 bridgehead atoms. The van der Waals surface area contributed by atoms with Crippen molar-refractivity contribution in [2.75, 3.05) is 0 Å². The number of benzene rings is 1. The first kappa shape index (κ1) is 12.2. The number of rotatable bonds is 4. The van der Waals surface area contributed by atoms with E-state index >= 15 is 0 Å². The van der Waals surface area contributed by atoms with E-state index in [1.165, 1.54) is 12.1 Å². The van der Waals surface area contributed by atoms with Crippen LogP contribution in [0.4, 0.5) is 0 Å². The highest BCUT2D eigenvalue weighted by molar-refractivity contribution is 6.34. The number of halogens is 1. The van der Waals surface area contributed by atoms with E-state index in [0.29, 0.717) is 10.8 Å². The predicted molar refractivity (Wildman–Crippen MR) is 58.0 cm³/mol. The van der Waals surface area contributed by atoms with Gasteiger partial charge in [0.15, 0.2) is 0 Å². The quantitative estimate of drug-likeness (QED) is 0.769. The highest BCUT2D eigenvalue weighted by atomic mass is 35.5. The summed E-state index contributed by atoms with van der Waals surface area (Å²) in [7, 11) is -1.85. The fraction of sp³-hybridized carbons (Fsp3) is 0.333. The van der Waals surface area contributed by atoms with Gasteiger partial charge in [-0.3, -0.25) is 0 Å². The Hall–Kier alpha value is -0.905. The third-order valence-corrected chi connectivity index (χ3v) is 1.82. The first-order valence-corrected chi connectivity index (χ1v) is 4.86. The van der Waals surface area contributed by atoms with E-state index in [0.717, 1.165) is 0 Å². The van der Waals surface area contributed by atoms with Crippen LogP contribution < -0.4 is 9.39 Å². The molecule has 0 spiro atoms. The molecule has 6 heteroatoms. The molecule has 0 radical (unpaired) electrons. The van der Waals surface area contributed by atoms with Gasteiger partial charge in [-0.1, -0.05) is 11.6 Å². The normalized spacial score (nSPS) is 10.3. The molecule has 1 aromatic carbocycles. The Labute approximate surface area is 93.6 Å². The fourth-order valence-corrected chi connectivity index (χ4v) is 1.19. The maximum Gasteiger partial charge on any atom is 0.707 e. The highest BCUT2D eigenvalue weighted by Gasteiger charge is 2.13. The minimum absolute atomic E-state index is 0.0169. The molecule has 0 atom stereocenters. The molecule has 0 aliphatic heterocycles. The van der Waals surface area contributed by atoms with Gasteiger partial charge in [-0.25, -0.2) is 0 Å². The Kier molecular flexibility index (Phi) is 4.26. The standard InChI is InChI=1S/C9H12BClO4/c1-6(2)14-9-5-7(15-10(12)13)3-4-8(9)11/h3-6,12-13H,1-2H3. The van der Waals surface area contributed by atoms with Crippen LogP contribution in [0.25, 0.3) is 0 Å². The largest absolute Gasteiger partial charge is 0.707 e. The Morgan fingerprint density at radius 1 is 1.33 bits per heavy atom. The van der Waals surface area contributed by atoms with E-state index in [1.807, 2.05) is 13.8 Å². The summed E-state index contributed by atoms with van der Waals surface area (Å²) < 4.78 is 10.1. The van der Waals surface area contributed by atoms with Gasteiger partial charge in [-0.05, 0) is 26.0 Å². The highest BCUT2D eigenvalue weighted by Crippen LogP contribution is 2.29. The third kappa shape index (κ3) is 3.99. The smallest absolute Gasteiger partial charge is 0.512 e. The van der Waals surface area contributed by atoms with Crippen LogP contribution in [0.2, 0.25) is 5.02 Å². The summed E-state index contributed by atoms with van der Waals surface area (Å²) in [6.07, 6.45) is -0.0169. The lowest BCUT2D eigenvalue weighted by Gasteiger charge is -2.13. The molecule has 0 unspecified atom stereocenters. The zero-order valence-electron chi connectivity index (χ0n) is 8.48. The minimum Gasteiger partial charge on any atom is -0.512 e. The summed E-state index contributed by atoms with van der Waals surface area (Å²) in [5.41, 5.74) is 0. The zero-order valence-corrected chi connectivity index (χ0v) is 9.23. The van der Waals surface area contributed by atoms with Crippen molar-refractivity contribution in [3.8, 4) is 11.5 Å². The van der Waals surface area contributed by atoms with Gasteiger partial charge in [0, 0.05) is 6.07 Å². The van der Waals surface area contributed by atoms with Crippen LogP contribution in [0, 0.1) is 0 Å². The lowest BCUT2D eigenvalue weighted by atomic mass is 10.2. The molecule has 0 saturated heterocycles. The SMILES string of the molecule is CC(C)Oc1cc(OB(O)O)ccc1Cl. The summed E-state index contributed by atoms with van der Waals surface area (Å²) in [5, 5.41) is 17.7. The number of ether oxygens (including phenoxy) is 1. The minimum atomic E-state index is -1.85. The van der Waals surface area contributed by atoms with Gasteiger partial charge < -0.3 is 19.4 Å². The molecule has 1 rings (SSSR count). The van der Waals surface area contributed by atoms with E-state index < -0.39 is 7.32 Å². The topological polar surface area (TPSA) is 58.9 Å². The molecule has 0 fully saturated rings. The van der Waals surface area contributed by atoms with Crippen molar-refractivity contribution < 1.29 is 19.4 Å². The van der Waals surface area contributed by atoms with Crippen LogP contribution in [0.3, 0.4) is 0 Å². The molecule has 0 aromatic heterocycles. The van der Waals surface area contributed by atoms with E-state index in [2.05, 4.69) is 4.65 Å². The lowest BCUT2D eigenvalue weighted by molar-refractivity contribution is 0.241. The summed E-state index contributed by atoms with van der Waals surface area (Å²) in [5.74, 6) is 0.731. The molecule has 15 heavy (non-hydrogen) atoms. The van der Waals surface area contributed by atoms with E-state index in [1.54, 1.807) is 6.07 Å². The first-order chi connectivity index (χ1) is 6.99. The van der Waals surface area contributed by atoms with E-state index in [9.17, 15) is 0 Å². The Balaban J connectivity index is 2.85. The molecule has 0 saturated carbocycles. The van der Waals surface area contributed by atoms with Crippen molar-refractivity contribution in [1.82, 2.24) is 0 Å². The Bertz CT molecular complexity index is 330. The molecule has 0 amide bonds. The number of hydrogen-bond donors (Lipinski definition) is 2. The fourth-order valence-electron chi connectivity index (χ4n) is 1.02. The van der Waals surface area contributed by atoms with Gasteiger partial charge in [0.1, 0.15) is 11.5 Å². The van der Waals surface area contributed by atoms with Crippen molar-refractivity contribution in [1.29, 1.82) is 0 Å². The second-order valence-corrected chi connectivity index (χ2v) is 3.61. The lowest BCUT2D eigenvalue weighted by Crippen LogP contribution is -2.20. The van der Waals surface area contributed by atoms with Crippen molar-refractivity contribution in [2.45, 2.75) is 20.0 Å². The van der Waals surface area contributed by atoms with Crippen molar-refractivity contribution in [3.63, 3.8) is 0 Å². The Morgan fingerprint density at radius 2 is 2.00 bits per heavy atom. The molecule has 4 nitrogen and oxygen atoms in total. The second-order valence-electron chi connectivity index (χ2n) is 3.20. The molecular formula is C9H12BClO4. The first-order valence-electron chi connectivity index (χ1n) is 4.48. The van der Waals surface area contributed by atoms with Gasteiger partial charge in [0.25, 0.3) is 0 Å². The average Bonchev–Trinajstić information content (AvgIpc) is 2.09. The summed E-state index contributed by atoms with van der Waals surface area (Å²) in [6, 6.07) is 4.59. The summed E-state index contributed by atoms with van der Waals surface area (Å²) >= 11 is 5.87. The van der Waals surface area contributed by atoms with E-state index in [4.69, 9.17) is 26.4 Å². The van der Waals surface area contributed by atoms with Crippen LogP contribution in [0.1, 0.15) is 13.8 Å². The van der Waals surface area contributed by atoms with Crippen LogP contribution >= 0.6 is 11.6 Å². The number of hydrogen-bond acceptors (Lipinski definition) is 4. The predicted octanol–water partition coefficient (Wildman–Crippen LogP) is 1.48. The molecule has 82 valence electrons. The van der Waals surface area contributed by atoms with Gasteiger partial charge in [-0.15, -0.1) is 0 Å². The van der Waals surface area contributed by atoms with Gasteiger partial charge in [-0.2, -0.15) is 0 Å². The Morgan fingerprint density at radius 3 is 2.53 bits per heavy atom. The van der Waals surface area contributed by atoms with Crippen LogP contribution in [-0.2, 0) is 0 Å². The van der Waals surface area contributed by atoms with Gasteiger partial charge in [0.2, 0.25) is 0 Å². The van der Waals surface area contributed by atoms with Crippen molar-refractivity contribution >= 4 is 18.9 Å². The molecular weight excluding hydrogens is 218 g/mol. The van der Waals surface area contributed by atoms with Gasteiger partial charge in [0.05, 0.1) is 11.1 Å². The van der Waals surface area contributed by atoms with Gasteiger partial charge >= 0.3 is 7.32 Å². The van der Waals surface area contributed by atoms with Crippen LogP contribution in [-0.4, -0.2) is 23.5 Å². The summed E-state index contributed by atoms with van der Waals surface area (Å²) in [6.45, 7) is 3.73. The third-order valence-electron chi connectivity index (χ3n) is 1.51. The van der Waals surface area contributed by atoms with E-state index in [-0.39, 0.29) is 11.9 Å². The van der Waals surface area contributed by atoms with Crippen molar-refractivity contribution in [2.24, 2.45) is 0 Å².